The van der Waals surface area contributed by atoms with Gasteiger partial charge in [-0.2, -0.15) is 0 Å². The van der Waals surface area contributed by atoms with Gasteiger partial charge in [-0.05, 0) is 31.6 Å². The first-order valence-corrected chi connectivity index (χ1v) is 6.72. The SMILES string of the molecule is O=C1C(Br)CCCC1C1C=CC=CCC1. The summed E-state index contributed by atoms with van der Waals surface area (Å²) in [7, 11) is 0. The molecule has 0 radical (unpaired) electrons. The molecule has 0 aromatic rings. The Morgan fingerprint density at radius 3 is 2.93 bits per heavy atom. The highest BCUT2D eigenvalue weighted by molar-refractivity contribution is 9.10. The van der Waals surface area contributed by atoms with E-state index in [9.17, 15) is 4.79 Å². The number of ketones is 1. The minimum absolute atomic E-state index is 0.112. The van der Waals surface area contributed by atoms with Crippen molar-refractivity contribution in [3.05, 3.63) is 24.3 Å². The van der Waals surface area contributed by atoms with Crippen molar-refractivity contribution in [2.45, 2.75) is 36.9 Å². The number of carbonyl (C=O) groups is 1. The van der Waals surface area contributed by atoms with Crippen LogP contribution in [0.2, 0.25) is 0 Å². The second-order valence-electron chi connectivity index (χ2n) is 4.46. The van der Waals surface area contributed by atoms with Crippen molar-refractivity contribution in [2.75, 3.05) is 0 Å². The lowest BCUT2D eigenvalue weighted by Crippen LogP contribution is -2.33. The van der Waals surface area contributed by atoms with Gasteiger partial charge in [0.2, 0.25) is 0 Å². The van der Waals surface area contributed by atoms with Crippen LogP contribution in [-0.2, 0) is 4.79 Å². The molecular formula is C13H17BrO. The van der Waals surface area contributed by atoms with E-state index in [-0.39, 0.29) is 10.7 Å². The summed E-state index contributed by atoms with van der Waals surface area (Å²) in [6.07, 6.45) is 14.1. The first kappa shape index (κ1) is 11.1. The highest BCUT2D eigenvalue weighted by Crippen LogP contribution is 2.34. The standard InChI is InChI=1S/C13H17BrO/c14-12-9-5-8-11(13(12)15)10-6-3-1-2-4-7-10/h1-3,6,10-12H,4-5,7-9H2. The molecule has 0 amide bonds. The predicted octanol–water partition coefficient (Wildman–Crippen LogP) is 3.64. The van der Waals surface area contributed by atoms with Crippen LogP contribution in [0.1, 0.15) is 32.1 Å². The number of halogens is 1. The third kappa shape index (κ3) is 2.60. The van der Waals surface area contributed by atoms with E-state index in [0.717, 1.165) is 25.7 Å². The van der Waals surface area contributed by atoms with Crippen molar-refractivity contribution < 1.29 is 4.79 Å². The number of rotatable bonds is 1. The lowest BCUT2D eigenvalue weighted by Gasteiger charge is -2.29. The molecule has 0 N–H and O–H groups in total. The zero-order valence-electron chi connectivity index (χ0n) is 8.86. The number of carbonyl (C=O) groups excluding carboxylic acids is 1. The topological polar surface area (TPSA) is 17.1 Å². The molecule has 0 heterocycles. The number of allylic oxidation sites excluding steroid dienone is 4. The highest BCUT2D eigenvalue weighted by atomic mass is 79.9. The van der Waals surface area contributed by atoms with Crippen molar-refractivity contribution in [3.8, 4) is 0 Å². The quantitative estimate of drug-likeness (QED) is 0.664. The first-order valence-electron chi connectivity index (χ1n) is 5.80. The molecule has 3 atom stereocenters. The fraction of sp³-hybridized carbons (Fsp3) is 0.615. The minimum Gasteiger partial charge on any atom is -0.298 e. The lowest BCUT2D eigenvalue weighted by atomic mass is 9.77. The van der Waals surface area contributed by atoms with Crippen LogP contribution in [0.5, 0.6) is 0 Å². The number of hydrogen-bond acceptors (Lipinski definition) is 1. The van der Waals surface area contributed by atoms with Gasteiger partial charge in [0.05, 0.1) is 4.83 Å². The van der Waals surface area contributed by atoms with Crippen molar-refractivity contribution in [1.82, 2.24) is 0 Å². The Balaban J connectivity index is 2.05. The summed E-state index contributed by atoms with van der Waals surface area (Å²) in [6, 6.07) is 0. The van der Waals surface area contributed by atoms with Gasteiger partial charge in [0.25, 0.3) is 0 Å². The Kier molecular flexibility index (Phi) is 3.79. The maximum absolute atomic E-state index is 12.0. The van der Waals surface area contributed by atoms with E-state index in [1.54, 1.807) is 0 Å². The van der Waals surface area contributed by atoms with Crippen LogP contribution in [0.15, 0.2) is 24.3 Å². The summed E-state index contributed by atoms with van der Waals surface area (Å²) in [4.78, 5) is 12.1. The van der Waals surface area contributed by atoms with Crippen LogP contribution >= 0.6 is 15.9 Å². The van der Waals surface area contributed by atoms with Crippen LogP contribution in [0.4, 0.5) is 0 Å². The number of hydrogen-bond donors (Lipinski definition) is 0. The van der Waals surface area contributed by atoms with Gasteiger partial charge in [-0.25, -0.2) is 0 Å². The molecule has 2 heteroatoms. The highest BCUT2D eigenvalue weighted by Gasteiger charge is 2.33. The fourth-order valence-corrected chi connectivity index (χ4v) is 3.22. The van der Waals surface area contributed by atoms with Gasteiger partial charge >= 0.3 is 0 Å². The molecule has 82 valence electrons. The van der Waals surface area contributed by atoms with Crippen LogP contribution in [-0.4, -0.2) is 10.6 Å². The van der Waals surface area contributed by atoms with Crippen molar-refractivity contribution >= 4 is 21.7 Å². The monoisotopic (exact) mass is 268 g/mol. The molecule has 0 saturated heterocycles. The molecule has 0 bridgehead atoms. The van der Waals surface area contributed by atoms with Gasteiger partial charge < -0.3 is 0 Å². The zero-order valence-corrected chi connectivity index (χ0v) is 10.4. The Bertz CT molecular complexity index is 293. The molecule has 1 fully saturated rings. The third-order valence-corrected chi connectivity index (χ3v) is 4.34. The molecule has 15 heavy (non-hydrogen) atoms. The number of Topliss-reactive ketones (excluding diaryl/α,β-unsaturated/α-hetero) is 1. The molecule has 3 unspecified atom stereocenters. The van der Waals surface area contributed by atoms with E-state index >= 15 is 0 Å². The van der Waals surface area contributed by atoms with Crippen LogP contribution < -0.4 is 0 Å². The first-order chi connectivity index (χ1) is 7.29. The Morgan fingerprint density at radius 1 is 1.20 bits per heavy atom. The van der Waals surface area contributed by atoms with Crippen molar-refractivity contribution in [2.24, 2.45) is 11.8 Å². The van der Waals surface area contributed by atoms with Gasteiger partial charge in [0, 0.05) is 5.92 Å². The predicted molar refractivity (Wildman–Crippen MR) is 66.1 cm³/mol. The average molecular weight is 269 g/mol. The van der Waals surface area contributed by atoms with Crippen LogP contribution in [0, 0.1) is 11.8 Å². The summed E-state index contributed by atoms with van der Waals surface area (Å²) in [6.45, 7) is 0. The van der Waals surface area contributed by atoms with Gasteiger partial charge in [-0.15, -0.1) is 0 Å². The van der Waals surface area contributed by atoms with E-state index in [2.05, 4.69) is 40.2 Å². The Labute approximate surface area is 99.8 Å². The second-order valence-corrected chi connectivity index (χ2v) is 5.57. The molecule has 2 aliphatic rings. The smallest absolute Gasteiger partial charge is 0.150 e. The minimum atomic E-state index is 0.112. The van der Waals surface area contributed by atoms with E-state index < -0.39 is 0 Å². The summed E-state index contributed by atoms with van der Waals surface area (Å²) in [5.41, 5.74) is 0. The fourth-order valence-electron chi connectivity index (χ4n) is 2.56. The normalized spacial score (nSPS) is 36.6. The van der Waals surface area contributed by atoms with E-state index in [1.807, 2.05) is 0 Å². The van der Waals surface area contributed by atoms with Gasteiger partial charge in [-0.1, -0.05) is 46.7 Å². The molecule has 1 saturated carbocycles. The average Bonchev–Trinajstić information content (AvgIpc) is 2.50. The molecule has 0 spiro atoms. The Morgan fingerprint density at radius 2 is 2.07 bits per heavy atom. The summed E-state index contributed by atoms with van der Waals surface area (Å²) in [5.74, 6) is 1.16. The summed E-state index contributed by atoms with van der Waals surface area (Å²) >= 11 is 3.49. The van der Waals surface area contributed by atoms with Gasteiger partial charge in [0.1, 0.15) is 5.78 Å². The lowest BCUT2D eigenvalue weighted by molar-refractivity contribution is -0.125. The summed E-state index contributed by atoms with van der Waals surface area (Å²) in [5, 5.41) is 0. The van der Waals surface area contributed by atoms with E-state index in [0.29, 0.717) is 11.7 Å². The zero-order chi connectivity index (χ0) is 10.7. The van der Waals surface area contributed by atoms with E-state index in [1.165, 1.54) is 6.42 Å². The Hall–Kier alpha value is -0.370. The molecule has 2 rings (SSSR count). The molecule has 0 aliphatic heterocycles. The van der Waals surface area contributed by atoms with Crippen LogP contribution in [0.25, 0.3) is 0 Å². The second kappa shape index (κ2) is 5.11. The van der Waals surface area contributed by atoms with Crippen molar-refractivity contribution in [3.63, 3.8) is 0 Å². The molecule has 2 aliphatic carbocycles. The van der Waals surface area contributed by atoms with E-state index in [4.69, 9.17) is 0 Å². The maximum atomic E-state index is 12.0. The van der Waals surface area contributed by atoms with Crippen LogP contribution in [0.3, 0.4) is 0 Å². The largest absolute Gasteiger partial charge is 0.298 e. The van der Waals surface area contributed by atoms with Gasteiger partial charge in [0.15, 0.2) is 0 Å². The summed E-state index contributed by atoms with van der Waals surface area (Å²) < 4.78 is 0. The third-order valence-electron chi connectivity index (χ3n) is 3.44. The van der Waals surface area contributed by atoms with Crippen molar-refractivity contribution in [1.29, 1.82) is 0 Å². The molecular weight excluding hydrogens is 252 g/mol. The number of alkyl halides is 1. The molecule has 0 aromatic carbocycles. The molecule has 1 nitrogen and oxygen atoms in total. The van der Waals surface area contributed by atoms with Gasteiger partial charge in [-0.3, -0.25) is 4.79 Å². The maximum Gasteiger partial charge on any atom is 0.150 e. The molecule has 0 aromatic heterocycles.